The summed E-state index contributed by atoms with van der Waals surface area (Å²) in [7, 11) is 0. The Kier molecular flexibility index (Phi) is 3.91. The summed E-state index contributed by atoms with van der Waals surface area (Å²) in [5.74, 6) is 0. The van der Waals surface area contributed by atoms with Gasteiger partial charge in [-0.3, -0.25) is 5.10 Å². The first-order chi connectivity index (χ1) is 12.3. The van der Waals surface area contributed by atoms with E-state index in [0.717, 1.165) is 31.9 Å². The number of fused-ring (bicyclic) bond motifs is 2. The number of hydrogen-bond acceptors (Lipinski definition) is 3. The summed E-state index contributed by atoms with van der Waals surface area (Å²) in [6.07, 6.45) is -0.410. The Morgan fingerprint density at radius 3 is 2.69 bits per heavy atom. The van der Waals surface area contributed by atoms with Crippen molar-refractivity contribution in [1.29, 1.82) is 0 Å². The highest BCUT2D eigenvalue weighted by Crippen LogP contribution is 2.32. The Bertz CT molecular complexity index is 1140. The van der Waals surface area contributed by atoms with E-state index in [9.17, 15) is 4.79 Å². The van der Waals surface area contributed by atoms with Gasteiger partial charge in [-0.15, -0.1) is 4.43 Å². The van der Waals surface area contributed by atoms with E-state index in [1.807, 2.05) is 69.3 Å². The average molecular weight is 359 g/mol. The normalized spacial score (nSPS) is 12.0. The molecule has 0 unspecified atom stereocenters. The molecule has 0 amide bonds. The van der Waals surface area contributed by atoms with E-state index in [2.05, 4.69) is 26.5 Å². The van der Waals surface area contributed by atoms with E-state index >= 15 is 0 Å². The van der Waals surface area contributed by atoms with Crippen molar-refractivity contribution in [3.63, 3.8) is 0 Å². The smallest absolute Gasteiger partial charge is 0.419 e. The highest BCUT2D eigenvalue weighted by Gasteiger charge is 2.24. The molecule has 2 aromatic heterocycles. The van der Waals surface area contributed by atoms with Gasteiger partial charge in [0.2, 0.25) is 0 Å². The Morgan fingerprint density at radius 2 is 1.92 bits per heavy atom. The van der Waals surface area contributed by atoms with Crippen LogP contribution in [-0.2, 0) is 4.74 Å². The van der Waals surface area contributed by atoms with Crippen molar-refractivity contribution >= 4 is 48.6 Å². The summed E-state index contributed by atoms with van der Waals surface area (Å²) in [5, 5.41) is 9.46. The van der Waals surface area contributed by atoms with Crippen molar-refractivity contribution in [3.8, 4) is 11.4 Å². The van der Waals surface area contributed by atoms with Gasteiger partial charge in [0.25, 0.3) is 0 Å². The third-order valence-corrected chi connectivity index (χ3v) is 4.48. The predicted molar refractivity (Wildman–Crippen MR) is 104 cm³/mol. The van der Waals surface area contributed by atoms with Crippen LogP contribution in [0.3, 0.4) is 0 Å². The van der Waals surface area contributed by atoms with Crippen molar-refractivity contribution in [1.82, 2.24) is 14.8 Å². The number of hydrogen-bond donors (Lipinski definition) is 1. The molecule has 0 spiro atoms. The minimum Gasteiger partial charge on any atom is -0.443 e. The molecule has 6 heteroatoms. The Hall–Kier alpha value is -2.55. The van der Waals surface area contributed by atoms with Gasteiger partial charge >= 0.3 is 6.09 Å². The molecule has 1 N–H and O–H groups in total. The summed E-state index contributed by atoms with van der Waals surface area (Å²) >= 11 is 2.68. The van der Waals surface area contributed by atoms with Crippen LogP contribution in [-0.4, -0.2) is 42.7 Å². The van der Waals surface area contributed by atoms with Gasteiger partial charge in [0.1, 0.15) is 11.3 Å². The third kappa shape index (κ3) is 2.92. The molecule has 4 aromatic rings. The molecule has 2 radical (unpaired) electrons. The molecule has 0 saturated carbocycles. The molecule has 26 heavy (non-hydrogen) atoms. The number of rotatable bonds is 1. The van der Waals surface area contributed by atoms with Crippen LogP contribution in [0, 0.1) is 0 Å². The second-order valence-electron chi connectivity index (χ2n) is 7.28. The Morgan fingerprint density at radius 1 is 1.15 bits per heavy atom. The fourth-order valence-electron chi connectivity index (χ4n) is 3.07. The number of nitrogens with zero attached hydrogens (tertiary/aromatic N) is 2. The van der Waals surface area contributed by atoms with Gasteiger partial charge in [0.15, 0.2) is 16.3 Å². The second-order valence-corrected chi connectivity index (χ2v) is 7.95. The van der Waals surface area contributed by atoms with Crippen LogP contribution >= 0.6 is 0 Å². The molecule has 2 heterocycles. The first kappa shape index (κ1) is 16.9. The molecule has 0 atom stereocenters. The molecular weight excluding hydrogens is 341 g/mol. The lowest BCUT2D eigenvalue weighted by molar-refractivity contribution is 0.0547. The lowest BCUT2D eigenvalue weighted by Crippen LogP contribution is -2.27. The van der Waals surface area contributed by atoms with Gasteiger partial charge in [0, 0.05) is 10.8 Å². The van der Waals surface area contributed by atoms with E-state index in [-0.39, 0.29) is 0 Å². The van der Waals surface area contributed by atoms with Crippen LogP contribution in [0.5, 0.6) is 0 Å². The molecule has 128 valence electrons. The second kappa shape index (κ2) is 6.01. The SMILES string of the molecule is CC(C)(C)OC(=O)n1c(-c2n[nH]c3c[c]([Al])ccc23)cc2ccccc21. The molecule has 0 bridgehead atoms. The van der Waals surface area contributed by atoms with Crippen LogP contribution in [0.25, 0.3) is 33.2 Å². The third-order valence-electron chi connectivity index (χ3n) is 4.12. The van der Waals surface area contributed by atoms with Gasteiger partial charge in [-0.05, 0) is 32.9 Å². The fourth-order valence-corrected chi connectivity index (χ4v) is 3.33. The zero-order valence-electron chi connectivity index (χ0n) is 14.9. The molecule has 4 rings (SSSR count). The standard InChI is InChI=1S/C20H18N3O2.Al/c1-20(2,3)25-19(24)23-16-11-7-4-8-13(16)12-17(23)18-14-9-5-6-10-15(14)21-22-18;/h4-5,7-12H,1-3H3,(H,21,22);. The topological polar surface area (TPSA) is 59.9 Å². The molecular formula is C20H18AlN3O2. The largest absolute Gasteiger partial charge is 0.443 e. The number of para-hydroxylation sites is 1. The molecule has 0 fully saturated rings. The number of H-pyrrole nitrogens is 1. The fraction of sp³-hybridized carbons (Fsp3) is 0.200. The maximum atomic E-state index is 12.9. The molecule has 0 aliphatic heterocycles. The Balaban J connectivity index is 1.97. The van der Waals surface area contributed by atoms with Crippen LogP contribution < -0.4 is 4.43 Å². The summed E-state index contributed by atoms with van der Waals surface area (Å²) < 4.78 is 8.31. The number of nitrogens with one attached hydrogen (secondary N) is 1. The molecule has 5 nitrogen and oxygen atoms in total. The predicted octanol–water partition coefficient (Wildman–Crippen LogP) is 3.76. The number of carbonyl (C=O) groups excluding carboxylic acids is 1. The first-order valence-electron chi connectivity index (χ1n) is 8.41. The molecule has 0 aliphatic rings. The maximum Gasteiger partial charge on any atom is 0.419 e. The van der Waals surface area contributed by atoms with Gasteiger partial charge in [-0.2, -0.15) is 5.10 Å². The average Bonchev–Trinajstić information content (AvgIpc) is 3.13. The van der Waals surface area contributed by atoms with Crippen LogP contribution in [0.1, 0.15) is 20.8 Å². The van der Waals surface area contributed by atoms with E-state index in [4.69, 9.17) is 4.74 Å². The van der Waals surface area contributed by atoms with Gasteiger partial charge in [0.05, 0.1) is 16.7 Å². The zero-order valence-corrected chi connectivity index (χ0v) is 16.1. The van der Waals surface area contributed by atoms with E-state index in [0.29, 0.717) is 5.69 Å². The summed E-state index contributed by atoms with van der Waals surface area (Å²) in [5.41, 5.74) is 2.58. The summed E-state index contributed by atoms with van der Waals surface area (Å²) in [4.78, 5) is 12.9. The van der Waals surface area contributed by atoms with Crippen LogP contribution in [0.2, 0.25) is 0 Å². The maximum absolute atomic E-state index is 12.9. The number of benzene rings is 2. The lowest BCUT2D eigenvalue weighted by atomic mass is 10.1. The van der Waals surface area contributed by atoms with Crippen LogP contribution in [0.15, 0.2) is 48.5 Å². The van der Waals surface area contributed by atoms with Crippen molar-refractivity contribution < 1.29 is 9.53 Å². The van der Waals surface area contributed by atoms with Crippen molar-refractivity contribution in [2.75, 3.05) is 0 Å². The Labute approximate surface area is 159 Å². The van der Waals surface area contributed by atoms with E-state index in [1.165, 1.54) is 0 Å². The van der Waals surface area contributed by atoms with Crippen molar-refractivity contribution in [2.45, 2.75) is 26.4 Å². The van der Waals surface area contributed by atoms with Gasteiger partial charge in [-0.25, -0.2) is 9.36 Å². The van der Waals surface area contributed by atoms with Crippen molar-refractivity contribution in [3.05, 3.63) is 48.5 Å². The number of carbonyl (C=O) groups is 1. The van der Waals surface area contributed by atoms with E-state index < -0.39 is 11.7 Å². The summed E-state index contributed by atoms with van der Waals surface area (Å²) in [6, 6.07) is 15.8. The number of aromatic nitrogens is 3. The van der Waals surface area contributed by atoms with Crippen molar-refractivity contribution in [2.24, 2.45) is 0 Å². The summed E-state index contributed by atoms with van der Waals surface area (Å²) in [6.45, 7) is 5.59. The van der Waals surface area contributed by atoms with Crippen LogP contribution in [0.4, 0.5) is 4.79 Å². The minimum atomic E-state index is -0.582. The molecule has 2 aromatic carbocycles. The highest BCUT2D eigenvalue weighted by atomic mass is 27.0. The quantitative estimate of drug-likeness (QED) is 0.527. The zero-order chi connectivity index (χ0) is 18.5. The number of ether oxygens (including phenoxy) is 1. The first-order valence-corrected chi connectivity index (χ1v) is 8.99. The highest BCUT2D eigenvalue weighted by molar-refractivity contribution is 6.33. The lowest BCUT2D eigenvalue weighted by Gasteiger charge is -2.20. The van der Waals surface area contributed by atoms with Gasteiger partial charge in [-0.1, -0.05) is 36.4 Å². The molecule has 0 saturated heterocycles. The van der Waals surface area contributed by atoms with Gasteiger partial charge < -0.3 is 4.74 Å². The number of aromatic amines is 1. The minimum absolute atomic E-state index is 0.410. The molecule has 0 aliphatic carbocycles. The van der Waals surface area contributed by atoms with E-state index in [1.54, 1.807) is 4.57 Å². The monoisotopic (exact) mass is 359 g/mol.